The Kier molecular flexibility index (Phi) is 6.53. The Morgan fingerprint density at radius 2 is 2.04 bits per heavy atom. The molecule has 0 saturated heterocycles. The van der Waals surface area contributed by atoms with Crippen LogP contribution < -0.4 is 10.6 Å². The zero-order chi connectivity index (χ0) is 15.7. The van der Waals surface area contributed by atoms with Crippen LogP contribution in [0.3, 0.4) is 0 Å². The van der Waals surface area contributed by atoms with Gasteiger partial charge in [0, 0.05) is 26.3 Å². The van der Waals surface area contributed by atoms with Gasteiger partial charge in [-0.05, 0) is 43.1 Å². The molecule has 4 nitrogen and oxygen atoms in total. The van der Waals surface area contributed by atoms with Crippen molar-refractivity contribution in [2.75, 3.05) is 13.6 Å². The van der Waals surface area contributed by atoms with Crippen LogP contribution >= 0.6 is 47.2 Å². The SMILES string of the molecule is CN=C(NCc1cc(Cl)c(Cl)n1C)NCC1(C2CC2)CCC1.I. The molecule has 1 heterocycles. The molecule has 23 heavy (non-hydrogen) atoms. The zero-order valence-corrected chi connectivity index (χ0v) is 17.5. The third-order valence-electron chi connectivity index (χ3n) is 5.28. The minimum Gasteiger partial charge on any atom is -0.356 e. The summed E-state index contributed by atoms with van der Waals surface area (Å²) in [5, 5.41) is 8.02. The Morgan fingerprint density at radius 3 is 2.48 bits per heavy atom. The van der Waals surface area contributed by atoms with Gasteiger partial charge in [0.1, 0.15) is 5.15 Å². The summed E-state index contributed by atoms with van der Waals surface area (Å²) < 4.78 is 1.89. The maximum Gasteiger partial charge on any atom is 0.191 e. The Hall–Kier alpha value is -0.140. The summed E-state index contributed by atoms with van der Waals surface area (Å²) >= 11 is 12.1. The summed E-state index contributed by atoms with van der Waals surface area (Å²) in [7, 11) is 3.72. The molecule has 3 rings (SSSR count). The summed E-state index contributed by atoms with van der Waals surface area (Å²) in [4.78, 5) is 4.32. The average molecular weight is 471 g/mol. The highest BCUT2D eigenvalue weighted by atomic mass is 127. The molecule has 0 unspecified atom stereocenters. The molecule has 0 spiro atoms. The third-order valence-corrected chi connectivity index (χ3v) is 6.12. The molecule has 1 aromatic heterocycles. The van der Waals surface area contributed by atoms with Gasteiger partial charge in [0.2, 0.25) is 0 Å². The van der Waals surface area contributed by atoms with Crippen LogP contribution in [-0.4, -0.2) is 24.1 Å². The first kappa shape index (κ1) is 19.2. The molecule has 2 N–H and O–H groups in total. The predicted octanol–water partition coefficient (Wildman–Crippen LogP) is 4.20. The molecule has 7 heteroatoms. The normalized spacial score (nSPS) is 19.7. The van der Waals surface area contributed by atoms with Crippen LogP contribution in [-0.2, 0) is 13.6 Å². The fraction of sp³-hybridized carbons (Fsp3) is 0.688. The van der Waals surface area contributed by atoms with Crippen molar-refractivity contribution in [1.82, 2.24) is 15.2 Å². The van der Waals surface area contributed by atoms with Crippen LogP contribution in [0.25, 0.3) is 0 Å². The van der Waals surface area contributed by atoms with E-state index in [1.165, 1.54) is 32.1 Å². The van der Waals surface area contributed by atoms with Gasteiger partial charge in [-0.25, -0.2) is 0 Å². The van der Waals surface area contributed by atoms with Gasteiger partial charge in [0.25, 0.3) is 0 Å². The van der Waals surface area contributed by atoms with Crippen molar-refractivity contribution in [3.05, 3.63) is 21.9 Å². The third kappa shape index (κ3) is 4.10. The van der Waals surface area contributed by atoms with Crippen molar-refractivity contribution in [3.63, 3.8) is 0 Å². The van der Waals surface area contributed by atoms with Crippen LogP contribution in [0.2, 0.25) is 10.2 Å². The highest BCUT2D eigenvalue weighted by molar-refractivity contribution is 14.0. The van der Waals surface area contributed by atoms with E-state index >= 15 is 0 Å². The Labute approximate surface area is 165 Å². The predicted molar refractivity (Wildman–Crippen MR) is 108 cm³/mol. The van der Waals surface area contributed by atoms with Gasteiger partial charge in [-0.2, -0.15) is 0 Å². The first-order valence-corrected chi connectivity index (χ1v) is 8.75. The van der Waals surface area contributed by atoms with Gasteiger partial charge in [-0.1, -0.05) is 29.6 Å². The maximum absolute atomic E-state index is 6.09. The number of rotatable bonds is 5. The lowest BCUT2D eigenvalue weighted by atomic mass is 9.65. The van der Waals surface area contributed by atoms with Gasteiger partial charge >= 0.3 is 0 Å². The second-order valence-corrected chi connectivity index (χ2v) is 7.37. The molecule has 0 atom stereocenters. The molecule has 0 radical (unpaired) electrons. The number of aliphatic imine (C=N–C) groups is 1. The molecule has 2 aliphatic carbocycles. The van der Waals surface area contributed by atoms with Crippen LogP contribution in [0, 0.1) is 11.3 Å². The summed E-state index contributed by atoms with van der Waals surface area (Å²) in [6.07, 6.45) is 6.93. The number of aromatic nitrogens is 1. The Morgan fingerprint density at radius 1 is 1.35 bits per heavy atom. The number of hydrogen-bond acceptors (Lipinski definition) is 1. The summed E-state index contributed by atoms with van der Waals surface area (Å²) in [5.41, 5.74) is 1.58. The monoisotopic (exact) mass is 470 g/mol. The van der Waals surface area contributed by atoms with E-state index in [0.29, 0.717) is 22.1 Å². The van der Waals surface area contributed by atoms with Crippen LogP contribution in [0.1, 0.15) is 37.8 Å². The molecule has 130 valence electrons. The minimum atomic E-state index is 0. The molecule has 0 amide bonds. The number of nitrogens with one attached hydrogen (secondary N) is 2. The van der Waals surface area contributed by atoms with Gasteiger partial charge < -0.3 is 15.2 Å². The van der Waals surface area contributed by atoms with Crippen molar-refractivity contribution in [2.45, 2.75) is 38.6 Å². The smallest absolute Gasteiger partial charge is 0.191 e. The zero-order valence-electron chi connectivity index (χ0n) is 13.7. The van der Waals surface area contributed by atoms with Gasteiger partial charge in [0.05, 0.1) is 11.6 Å². The van der Waals surface area contributed by atoms with Crippen molar-refractivity contribution in [2.24, 2.45) is 23.4 Å². The van der Waals surface area contributed by atoms with E-state index in [-0.39, 0.29) is 24.0 Å². The fourth-order valence-electron chi connectivity index (χ4n) is 3.47. The van der Waals surface area contributed by atoms with Gasteiger partial charge in [-0.3, -0.25) is 4.99 Å². The first-order valence-electron chi connectivity index (χ1n) is 8.00. The van der Waals surface area contributed by atoms with Gasteiger partial charge in [0.15, 0.2) is 5.96 Å². The molecule has 2 fully saturated rings. The maximum atomic E-state index is 6.09. The van der Waals surface area contributed by atoms with E-state index in [1.54, 1.807) is 0 Å². The second kappa shape index (κ2) is 7.83. The van der Waals surface area contributed by atoms with Crippen LogP contribution in [0.5, 0.6) is 0 Å². The highest BCUT2D eigenvalue weighted by Crippen LogP contribution is 2.56. The highest BCUT2D eigenvalue weighted by Gasteiger charge is 2.48. The molecule has 2 aliphatic rings. The van der Waals surface area contributed by atoms with Crippen molar-refractivity contribution >= 4 is 53.1 Å². The van der Waals surface area contributed by atoms with E-state index in [0.717, 1.165) is 24.1 Å². The van der Waals surface area contributed by atoms with Crippen molar-refractivity contribution in [1.29, 1.82) is 0 Å². The lowest BCUT2D eigenvalue weighted by Gasteiger charge is -2.43. The minimum absolute atomic E-state index is 0. The molecule has 0 aliphatic heterocycles. The van der Waals surface area contributed by atoms with E-state index in [2.05, 4.69) is 15.6 Å². The molecule has 0 bridgehead atoms. The fourth-order valence-corrected chi connectivity index (χ4v) is 3.89. The summed E-state index contributed by atoms with van der Waals surface area (Å²) in [5.74, 6) is 1.79. The van der Waals surface area contributed by atoms with Gasteiger partial charge in [-0.15, -0.1) is 24.0 Å². The second-order valence-electron chi connectivity index (χ2n) is 6.60. The van der Waals surface area contributed by atoms with Crippen molar-refractivity contribution in [3.8, 4) is 0 Å². The van der Waals surface area contributed by atoms with Crippen LogP contribution in [0.4, 0.5) is 0 Å². The molecule has 0 aromatic carbocycles. The standard InChI is InChI=1S/C16H24Cl2N4.HI/c1-19-15(20-9-12-8-13(17)14(18)22(12)2)21-10-16(6-3-7-16)11-4-5-11;/h8,11H,3-7,9-10H2,1-2H3,(H2,19,20,21);1H. The molecule has 2 saturated carbocycles. The van der Waals surface area contributed by atoms with E-state index in [9.17, 15) is 0 Å². The lowest BCUT2D eigenvalue weighted by molar-refractivity contribution is 0.106. The summed E-state index contributed by atoms with van der Waals surface area (Å²) in [6.45, 7) is 1.69. The first-order chi connectivity index (χ1) is 10.6. The van der Waals surface area contributed by atoms with E-state index in [1.807, 2.05) is 24.7 Å². The Balaban J connectivity index is 0.00000192. The van der Waals surface area contributed by atoms with E-state index < -0.39 is 0 Å². The largest absolute Gasteiger partial charge is 0.356 e. The topological polar surface area (TPSA) is 41.4 Å². The number of nitrogens with zero attached hydrogens (tertiary/aromatic N) is 2. The number of halogens is 3. The quantitative estimate of drug-likeness (QED) is 0.384. The molecular formula is C16H25Cl2IN4. The number of guanidine groups is 1. The molecule has 1 aromatic rings. The number of hydrogen-bond donors (Lipinski definition) is 2. The lowest BCUT2D eigenvalue weighted by Crippen LogP contribution is -2.47. The Bertz CT molecular complexity index is 577. The van der Waals surface area contributed by atoms with Crippen LogP contribution in [0.15, 0.2) is 11.1 Å². The summed E-state index contributed by atoms with van der Waals surface area (Å²) in [6, 6.07) is 1.89. The average Bonchev–Trinajstić information content (AvgIpc) is 3.27. The molecular weight excluding hydrogens is 446 g/mol. The van der Waals surface area contributed by atoms with Crippen molar-refractivity contribution < 1.29 is 0 Å². The van der Waals surface area contributed by atoms with E-state index in [4.69, 9.17) is 23.2 Å².